The third-order valence-corrected chi connectivity index (χ3v) is 2.79. The van der Waals surface area contributed by atoms with Crippen LogP contribution in [0.5, 0.6) is 0 Å². The Balaban J connectivity index is 1.79. The van der Waals surface area contributed by atoms with Gasteiger partial charge in [-0.25, -0.2) is 0 Å². The molecule has 1 aliphatic rings. The molecule has 19 heavy (non-hydrogen) atoms. The molecule has 0 bridgehead atoms. The second-order valence-electron chi connectivity index (χ2n) is 5.19. The van der Waals surface area contributed by atoms with Crippen molar-refractivity contribution in [2.45, 2.75) is 58.3 Å². The number of rotatable bonds is 7. The minimum Gasteiger partial charge on any atom is -0.407 e. The van der Waals surface area contributed by atoms with Crippen molar-refractivity contribution < 1.29 is 9.21 Å². The number of carbonyl (C=O) groups excluding carboxylic acids is 1. The van der Waals surface area contributed by atoms with Crippen molar-refractivity contribution in [3.8, 4) is 0 Å². The summed E-state index contributed by atoms with van der Waals surface area (Å²) in [6.45, 7) is 6.38. The van der Waals surface area contributed by atoms with E-state index < -0.39 is 0 Å². The van der Waals surface area contributed by atoms with E-state index in [9.17, 15) is 4.79 Å². The Morgan fingerprint density at radius 1 is 1.37 bits per heavy atom. The molecule has 1 heterocycles. The molecule has 1 saturated carbocycles. The lowest BCUT2D eigenvalue weighted by Crippen LogP contribution is -2.38. The summed E-state index contributed by atoms with van der Waals surface area (Å²) >= 11 is 0. The number of hydrogen-bond donors (Lipinski definition) is 3. The molecule has 106 valence electrons. The van der Waals surface area contributed by atoms with Crippen LogP contribution >= 0.6 is 0 Å². The van der Waals surface area contributed by atoms with Crippen molar-refractivity contribution in [2.24, 2.45) is 0 Å². The Bertz CT molecular complexity index is 428. The fourth-order valence-corrected chi connectivity index (χ4v) is 1.48. The quantitative estimate of drug-likeness (QED) is 0.671. The Labute approximate surface area is 112 Å². The molecule has 1 aromatic rings. The molecule has 0 aliphatic heterocycles. The maximum atomic E-state index is 11.7. The van der Waals surface area contributed by atoms with E-state index in [-0.39, 0.29) is 18.0 Å². The molecule has 2 rings (SSSR count). The largest absolute Gasteiger partial charge is 0.407 e. The summed E-state index contributed by atoms with van der Waals surface area (Å²) in [5.41, 5.74) is 0. The van der Waals surface area contributed by atoms with Gasteiger partial charge in [-0.2, -0.15) is 0 Å². The zero-order chi connectivity index (χ0) is 13.8. The van der Waals surface area contributed by atoms with Gasteiger partial charge in [0, 0.05) is 12.1 Å². The van der Waals surface area contributed by atoms with Crippen molar-refractivity contribution >= 4 is 11.9 Å². The van der Waals surface area contributed by atoms with E-state index in [0.29, 0.717) is 24.5 Å². The topological polar surface area (TPSA) is 92.1 Å². The van der Waals surface area contributed by atoms with Gasteiger partial charge in [0.25, 0.3) is 0 Å². The van der Waals surface area contributed by atoms with E-state index in [1.807, 2.05) is 13.8 Å². The second-order valence-corrected chi connectivity index (χ2v) is 5.19. The molecule has 1 amide bonds. The van der Waals surface area contributed by atoms with Crippen LogP contribution in [0.25, 0.3) is 0 Å². The predicted octanol–water partition coefficient (Wildman–Crippen LogP) is 0.647. The average Bonchev–Trinajstić information content (AvgIpc) is 3.05. The summed E-state index contributed by atoms with van der Waals surface area (Å²) in [4.78, 5) is 11.7. The smallest absolute Gasteiger partial charge is 0.316 e. The zero-order valence-corrected chi connectivity index (χ0v) is 11.6. The Morgan fingerprint density at radius 3 is 2.74 bits per heavy atom. The van der Waals surface area contributed by atoms with E-state index in [0.717, 1.165) is 12.8 Å². The van der Waals surface area contributed by atoms with Crippen LogP contribution in [-0.2, 0) is 11.3 Å². The first-order chi connectivity index (χ1) is 9.04. The van der Waals surface area contributed by atoms with Crippen molar-refractivity contribution in [1.82, 2.24) is 20.8 Å². The van der Waals surface area contributed by atoms with Gasteiger partial charge in [0.05, 0.1) is 6.54 Å². The van der Waals surface area contributed by atoms with Crippen molar-refractivity contribution in [2.75, 3.05) is 5.32 Å². The van der Waals surface area contributed by atoms with E-state index in [1.54, 1.807) is 6.92 Å². The Kier molecular flexibility index (Phi) is 4.36. The SMILES string of the molecule is CC(C)NCc1nnc(NC(C)C(=O)NC2CC2)o1. The molecular formula is C12H21N5O2. The van der Waals surface area contributed by atoms with Gasteiger partial charge in [-0.3, -0.25) is 4.79 Å². The lowest BCUT2D eigenvalue weighted by molar-refractivity contribution is -0.121. The van der Waals surface area contributed by atoms with Gasteiger partial charge < -0.3 is 20.4 Å². The third kappa shape index (κ3) is 4.51. The Hall–Kier alpha value is -1.63. The number of hydrogen-bond acceptors (Lipinski definition) is 6. The molecule has 1 fully saturated rings. The summed E-state index contributed by atoms with van der Waals surface area (Å²) in [5, 5.41) is 16.8. The van der Waals surface area contributed by atoms with Crippen molar-refractivity contribution in [1.29, 1.82) is 0 Å². The van der Waals surface area contributed by atoms with Gasteiger partial charge >= 0.3 is 6.01 Å². The number of carbonyl (C=O) groups is 1. The first-order valence-corrected chi connectivity index (χ1v) is 6.67. The molecule has 1 unspecified atom stereocenters. The van der Waals surface area contributed by atoms with Crippen LogP contribution in [0.3, 0.4) is 0 Å². The van der Waals surface area contributed by atoms with Gasteiger partial charge in [0.1, 0.15) is 6.04 Å². The van der Waals surface area contributed by atoms with E-state index in [4.69, 9.17) is 4.42 Å². The van der Waals surface area contributed by atoms with Gasteiger partial charge in [-0.05, 0) is 19.8 Å². The summed E-state index contributed by atoms with van der Waals surface area (Å²) in [5.74, 6) is 0.466. The monoisotopic (exact) mass is 267 g/mol. The molecule has 0 saturated heterocycles. The van der Waals surface area contributed by atoms with Crippen LogP contribution in [0.1, 0.15) is 39.5 Å². The lowest BCUT2D eigenvalue weighted by atomic mass is 10.3. The zero-order valence-electron chi connectivity index (χ0n) is 11.6. The normalized spacial score (nSPS) is 16.4. The second kappa shape index (κ2) is 6.01. The molecule has 0 aromatic carbocycles. The average molecular weight is 267 g/mol. The fourth-order valence-electron chi connectivity index (χ4n) is 1.48. The summed E-state index contributed by atoms with van der Waals surface area (Å²) in [6, 6.07) is 0.600. The van der Waals surface area contributed by atoms with E-state index in [2.05, 4.69) is 26.1 Å². The van der Waals surface area contributed by atoms with Gasteiger partial charge in [-0.15, -0.1) is 5.10 Å². The highest BCUT2D eigenvalue weighted by Gasteiger charge is 2.26. The highest BCUT2D eigenvalue weighted by atomic mass is 16.4. The first kappa shape index (κ1) is 13.8. The standard InChI is InChI=1S/C12H21N5O2/c1-7(2)13-6-10-16-17-12(19-10)14-8(3)11(18)15-9-4-5-9/h7-9,13H,4-6H2,1-3H3,(H,14,17)(H,15,18). The molecule has 0 radical (unpaired) electrons. The number of anilines is 1. The van der Waals surface area contributed by atoms with Gasteiger partial charge in [0.15, 0.2) is 0 Å². The highest BCUT2D eigenvalue weighted by Crippen LogP contribution is 2.18. The number of nitrogens with zero attached hydrogens (tertiary/aromatic N) is 2. The van der Waals surface area contributed by atoms with Crippen LogP contribution in [0.15, 0.2) is 4.42 Å². The third-order valence-electron chi connectivity index (χ3n) is 2.79. The van der Waals surface area contributed by atoms with Crippen LogP contribution in [0.2, 0.25) is 0 Å². The molecule has 7 heteroatoms. The van der Waals surface area contributed by atoms with Gasteiger partial charge in [0.2, 0.25) is 11.8 Å². The molecule has 1 aliphatic carbocycles. The highest BCUT2D eigenvalue weighted by molar-refractivity contribution is 5.84. The molecule has 1 aromatic heterocycles. The number of nitrogens with one attached hydrogen (secondary N) is 3. The Morgan fingerprint density at radius 2 is 2.11 bits per heavy atom. The van der Waals surface area contributed by atoms with E-state index in [1.165, 1.54) is 0 Å². The summed E-state index contributed by atoms with van der Waals surface area (Å²) in [6.07, 6.45) is 2.15. The van der Waals surface area contributed by atoms with Crippen molar-refractivity contribution in [3.63, 3.8) is 0 Å². The molecular weight excluding hydrogens is 246 g/mol. The number of aromatic nitrogens is 2. The van der Waals surface area contributed by atoms with Crippen molar-refractivity contribution in [3.05, 3.63) is 5.89 Å². The van der Waals surface area contributed by atoms with Crippen LogP contribution in [0, 0.1) is 0 Å². The maximum Gasteiger partial charge on any atom is 0.316 e. The minimum absolute atomic E-state index is 0.0393. The predicted molar refractivity (Wildman–Crippen MR) is 70.5 cm³/mol. The van der Waals surface area contributed by atoms with E-state index >= 15 is 0 Å². The molecule has 0 spiro atoms. The summed E-state index contributed by atoms with van der Waals surface area (Å²) < 4.78 is 5.40. The minimum atomic E-state index is -0.382. The molecule has 7 nitrogen and oxygen atoms in total. The first-order valence-electron chi connectivity index (χ1n) is 6.67. The van der Waals surface area contributed by atoms with Gasteiger partial charge in [-0.1, -0.05) is 18.9 Å². The fraction of sp³-hybridized carbons (Fsp3) is 0.750. The van der Waals surface area contributed by atoms with Crippen LogP contribution in [-0.4, -0.2) is 34.2 Å². The number of amides is 1. The molecule has 1 atom stereocenters. The maximum absolute atomic E-state index is 11.7. The lowest BCUT2D eigenvalue weighted by Gasteiger charge is -2.11. The summed E-state index contributed by atoms with van der Waals surface area (Å²) in [7, 11) is 0. The van der Waals surface area contributed by atoms with Crippen LogP contribution < -0.4 is 16.0 Å². The van der Waals surface area contributed by atoms with Crippen LogP contribution in [0.4, 0.5) is 6.01 Å². The molecule has 3 N–H and O–H groups in total.